The van der Waals surface area contributed by atoms with E-state index in [1.807, 2.05) is 6.92 Å². The van der Waals surface area contributed by atoms with Crippen LogP contribution >= 0.6 is 11.8 Å². The van der Waals surface area contributed by atoms with Gasteiger partial charge in [-0.25, -0.2) is 12.8 Å². The van der Waals surface area contributed by atoms with Gasteiger partial charge < -0.3 is 4.90 Å². The van der Waals surface area contributed by atoms with Crippen molar-refractivity contribution in [2.45, 2.75) is 19.0 Å². The number of nitrogens with zero attached hydrogens (tertiary/aromatic N) is 2. The quantitative estimate of drug-likeness (QED) is 0.837. The van der Waals surface area contributed by atoms with Crippen LogP contribution in [-0.2, 0) is 9.84 Å². The van der Waals surface area contributed by atoms with Crippen LogP contribution in [0.25, 0.3) is 0 Å². The minimum atomic E-state index is -3.08. The molecule has 20 heavy (non-hydrogen) atoms. The number of sulfone groups is 1. The zero-order valence-corrected chi connectivity index (χ0v) is 12.6. The van der Waals surface area contributed by atoms with Crippen LogP contribution in [0, 0.1) is 5.82 Å². The van der Waals surface area contributed by atoms with Crippen molar-refractivity contribution in [2.24, 2.45) is 4.99 Å². The van der Waals surface area contributed by atoms with Crippen molar-refractivity contribution in [3.63, 3.8) is 0 Å². The molecule has 0 aliphatic carbocycles. The predicted octanol–water partition coefficient (Wildman–Crippen LogP) is 1.92. The summed E-state index contributed by atoms with van der Waals surface area (Å²) in [4.78, 5) is 6.26. The van der Waals surface area contributed by atoms with Crippen molar-refractivity contribution in [1.29, 1.82) is 0 Å². The van der Waals surface area contributed by atoms with Crippen LogP contribution in [0.2, 0.25) is 0 Å². The van der Waals surface area contributed by atoms with Crippen LogP contribution in [0.3, 0.4) is 0 Å². The first-order chi connectivity index (χ1) is 9.52. The molecule has 0 amide bonds. The SMILES string of the molecule is CCSC1=N[C@H]2CS(=O)(=O)C[C@H]2N1c1ccccc1F. The third-order valence-electron chi connectivity index (χ3n) is 3.49. The number of thioether (sulfide) groups is 1. The standard InChI is InChI=1S/C13H15FN2O2S2/c1-2-19-13-15-10-7-20(17,18)8-12(10)16(13)11-6-4-3-5-9(11)14/h3-6,10,12H,2,7-8H2,1H3/t10-,12+/m0/s1. The fourth-order valence-corrected chi connectivity index (χ4v) is 5.38. The van der Waals surface area contributed by atoms with Gasteiger partial charge in [0.1, 0.15) is 5.82 Å². The third kappa shape index (κ3) is 2.33. The van der Waals surface area contributed by atoms with Crippen LogP contribution in [0.5, 0.6) is 0 Å². The summed E-state index contributed by atoms with van der Waals surface area (Å²) in [5, 5.41) is 0.725. The minimum absolute atomic E-state index is 0.0449. The lowest BCUT2D eigenvalue weighted by Gasteiger charge is -2.26. The summed E-state index contributed by atoms with van der Waals surface area (Å²) in [6.45, 7) is 2.00. The van der Waals surface area contributed by atoms with Crippen LogP contribution in [-0.4, -0.2) is 42.9 Å². The van der Waals surface area contributed by atoms with E-state index in [9.17, 15) is 12.8 Å². The molecule has 0 saturated carbocycles. The van der Waals surface area contributed by atoms with Crippen LogP contribution in [0.4, 0.5) is 10.1 Å². The van der Waals surface area contributed by atoms with Gasteiger partial charge >= 0.3 is 0 Å². The Morgan fingerprint density at radius 1 is 1.40 bits per heavy atom. The predicted molar refractivity (Wildman–Crippen MR) is 80.7 cm³/mol. The molecule has 0 aromatic heterocycles. The molecule has 1 fully saturated rings. The van der Waals surface area contributed by atoms with Crippen molar-refractivity contribution in [2.75, 3.05) is 22.2 Å². The Morgan fingerprint density at radius 2 is 2.15 bits per heavy atom. The van der Waals surface area contributed by atoms with Gasteiger partial charge in [-0.3, -0.25) is 4.99 Å². The van der Waals surface area contributed by atoms with Crippen molar-refractivity contribution >= 4 is 32.5 Å². The van der Waals surface area contributed by atoms with Crippen molar-refractivity contribution in [3.05, 3.63) is 30.1 Å². The molecule has 0 radical (unpaired) electrons. The fraction of sp³-hybridized carbons (Fsp3) is 0.462. The van der Waals surface area contributed by atoms with Gasteiger partial charge in [-0.1, -0.05) is 30.8 Å². The highest BCUT2D eigenvalue weighted by Crippen LogP contribution is 2.35. The number of anilines is 1. The molecule has 2 aliphatic rings. The van der Waals surface area contributed by atoms with Gasteiger partial charge in [0.05, 0.1) is 29.3 Å². The van der Waals surface area contributed by atoms with Gasteiger partial charge in [0.25, 0.3) is 0 Å². The summed E-state index contributed by atoms with van der Waals surface area (Å²) < 4.78 is 37.6. The number of para-hydroxylation sites is 1. The van der Waals surface area contributed by atoms with Crippen molar-refractivity contribution in [3.8, 4) is 0 Å². The van der Waals surface area contributed by atoms with Crippen molar-refractivity contribution in [1.82, 2.24) is 0 Å². The Morgan fingerprint density at radius 3 is 2.85 bits per heavy atom. The van der Waals surface area contributed by atoms with Gasteiger partial charge in [-0.05, 0) is 17.9 Å². The first-order valence-corrected chi connectivity index (χ1v) is 9.27. The van der Waals surface area contributed by atoms with Crippen LogP contribution < -0.4 is 4.90 Å². The van der Waals surface area contributed by atoms with Gasteiger partial charge in [0.15, 0.2) is 15.0 Å². The topological polar surface area (TPSA) is 49.7 Å². The lowest BCUT2D eigenvalue weighted by atomic mass is 10.1. The number of hydrogen-bond acceptors (Lipinski definition) is 5. The molecular formula is C13H15FN2O2S2. The minimum Gasteiger partial charge on any atom is -0.312 e. The number of rotatable bonds is 2. The Balaban J connectivity index is 2.03. The molecule has 2 heterocycles. The summed E-state index contributed by atoms with van der Waals surface area (Å²) >= 11 is 1.52. The van der Waals surface area contributed by atoms with Crippen LogP contribution in [0.15, 0.2) is 29.3 Å². The highest BCUT2D eigenvalue weighted by molar-refractivity contribution is 8.14. The summed E-state index contributed by atoms with van der Waals surface area (Å²) in [6.07, 6.45) is 0. The number of hydrogen-bond donors (Lipinski definition) is 0. The Bertz CT molecular complexity index is 660. The molecule has 2 aliphatic heterocycles. The van der Waals surface area contributed by atoms with Crippen molar-refractivity contribution < 1.29 is 12.8 Å². The van der Waals surface area contributed by atoms with E-state index in [4.69, 9.17) is 0 Å². The maximum Gasteiger partial charge on any atom is 0.164 e. The second-order valence-corrected chi connectivity index (χ2v) is 8.26. The Hall–Kier alpha value is -1.08. The summed E-state index contributed by atoms with van der Waals surface area (Å²) in [6, 6.07) is 5.90. The molecule has 0 bridgehead atoms. The summed E-state index contributed by atoms with van der Waals surface area (Å²) in [5.74, 6) is 0.581. The molecule has 3 rings (SSSR count). The first-order valence-electron chi connectivity index (χ1n) is 6.46. The molecule has 1 aromatic rings. The van der Waals surface area contributed by atoms with E-state index in [0.717, 1.165) is 10.9 Å². The average Bonchev–Trinajstić information content (AvgIpc) is 2.82. The smallest absolute Gasteiger partial charge is 0.164 e. The molecule has 4 nitrogen and oxygen atoms in total. The lowest BCUT2D eigenvalue weighted by Crippen LogP contribution is -2.39. The first kappa shape index (κ1) is 13.9. The average molecular weight is 314 g/mol. The number of fused-ring (bicyclic) bond motifs is 1. The number of aliphatic imine (C=N–C) groups is 1. The molecule has 7 heteroatoms. The van der Waals surface area contributed by atoms with E-state index in [2.05, 4.69) is 4.99 Å². The third-order valence-corrected chi connectivity index (χ3v) is 6.04. The summed E-state index contributed by atoms with van der Waals surface area (Å²) in [7, 11) is -3.08. The molecule has 0 spiro atoms. The maximum atomic E-state index is 14.0. The van der Waals surface area contributed by atoms with Crippen LogP contribution in [0.1, 0.15) is 6.92 Å². The molecule has 2 atom stereocenters. The number of halogens is 1. The zero-order chi connectivity index (χ0) is 14.3. The fourth-order valence-electron chi connectivity index (χ4n) is 2.69. The zero-order valence-electron chi connectivity index (χ0n) is 11.0. The highest BCUT2D eigenvalue weighted by atomic mass is 32.2. The van der Waals surface area contributed by atoms with E-state index < -0.39 is 9.84 Å². The lowest BCUT2D eigenvalue weighted by molar-refractivity contribution is 0.600. The van der Waals surface area contributed by atoms with Gasteiger partial charge in [0.2, 0.25) is 0 Å². The maximum absolute atomic E-state index is 14.0. The number of amidine groups is 1. The molecule has 108 valence electrons. The molecule has 1 saturated heterocycles. The van der Waals surface area contributed by atoms with E-state index in [1.165, 1.54) is 17.8 Å². The van der Waals surface area contributed by atoms with E-state index in [-0.39, 0.29) is 29.4 Å². The molecule has 0 unspecified atom stereocenters. The second kappa shape index (κ2) is 5.04. The normalized spacial score (nSPS) is 27.5. The van der Waals surface area contributed by atoms with E-state index in [1.54, 1.807) is 23.1 Å². The molecule has 1 aromatic carbocycles. The Kier molecular flexibility index (Phi) is 3.50. The second-order valence-electron chi connectivity index (χ2n) is 4.88. The molecule has 0 N–H and O–H groups in total. The van der Waals surface area contributed by atoms with E-state index in [0.29, 0.717) is 5.69 Å². The monoisotopic (exact) mass is 314 g/mol. The van der Waals surface area contributed by atoms with Gasteiger partial charge in [0, 0.05) is 0 Å². The number of benzene rings is 1. The van der Waals surface area contributed by atoms with Gasteiger partial charge in [-0.15, -0.1) is 0 Å². The van der Waals surface area contributed by atoms with E-state index >= 15 is 0 Å². The highest BCUT2D eigenvalue weighted by Gasteiger charge is 2.47. The largest absolute Gasteiger partial charge is 0.312 e. The molecular weight excluding hydrogens is 299 g/mol. The Labute approximate surface area is 122 Å². The van der Waals surface area contributed by atoms with Gasteiger partial charge in [-0.2, -0.15) is 0 Å². The summed E-state index contributed by atoms with van der Waals surface area (Å²) in [5.41, 5.74) is 0.414.